The van der Waals surface area contributed by atoms with Crippen LogP contribution in [0.1, 0.15) is 10.4 Å². The van der Waals surface area contributed by atoms with Gasteiger partial charge >= 0.3 is 0 Å². The third-order valence-electron chi connectivity index (χ3n) is 3.69. The lowest BCUT2D eigenvalue weighted by Gasteiger charge is -2.08. The molecule has 0 unspecified atom stereocenters. The van der Waals surface area contributed by atoms with E-state index < -0.39 is 0 Å². The maximum Gasteiger partial charge on any atom is 0.267 e. The van der Waals surface area contributed by atoms with Gasteiger partial charge in [-0.15, -0.1) is 0 Å². The molecule has 0 aliphatic carbocycles. The van der Waals surface area contributed by atoms with Crippen LogP contribution in [0.2, 0.25) is 0 Å². The number of hydrogen-bond acceptors (Lipinski definition) is 4. The van der Waals surface area contributed by atoms with Crippen LogP contribution in [-0.2, 0) is 6.54 Å². The SMILES string of the molecule is COc1ccc(C(=O)Cn2nc(-c3cccc(Br)c3)ccc2=O)cc1. The highest BCUT2D eigenvalue weighted by Crippen LogP contribution is 2.20. The van der Waals surface area contributed by atoms with E-state index in [-0.39, 0.29) is 17.9 Å². The Bertz CT molecular complexity index is 965. The first-order chi connectivity index (χ1) is 12.1. The second kappa shape index (κ2) is 7.44. The van der Waals surface area contributed by atoms with Gasteiger partial charge in [0, 0.05) is 21.7 Å². The van der Waals surface area contributed by atoms with Crippen LogP contribution in [0.15, 0.2) is 69.9 Å². The highest BCUT2D eigenvalue weighted by atomic mass is 79.9. The summed E-state index contributed by atoms with van der Waals surface area (Å²) in [5.74, 6) is 0.479. The van der Waals surface area contributed by atoms with Crippen LogP contribution in [0.3, 0.4) is 0 Å². The molecule has 126 valence electrons. The predicted octanol–water partition coefficient (Wildman–Crippen LogP) is 3.56. The fourth-order valence-corrected chi connectivity index (χ4v) is 2.77. The van der Waals surface area contributed by atoms with Gasteiger partial charge in [0.05, 0.1) is 12.8 Å². The number of benzene rings is 2. The third-order valence-corrected chi connectivity index (χ3v) is 4.19. The number of hydrogen-bond donors (Lipinski definition) is 0. The van der Waals surface area contributed by atoms with Crippen LogP contribution in [0.4, 0.5) is 0 Å². The van der Waals surface area contributed by atoms with Gasteiger partial charge in [0.25, 0.3) is 5.56 Å². The number of nitrogens with zero attached hydrogens (tertiary/aromatic N) is 2. The van der Waals surface area contributed by atoms with Crippen LogP contribution in [0.25, 0.3) is 11.3 Å². The molecule has 0 spiro atoms. The summed E-state index contributed by atoms with van der Waals surface area (Å²) in [6.45, 7) is -0.118. The Morgan fingerprint density at radius 2 is 1.88 bits per heavy atom. The van der Waals surface area contributed by atoms with Crippen molar-refractivity contribution in [3.8, 4) is 17.0 Å². The van der Waals surface area contributed by atoms with Gasteiger partial charge in [-0.3, -0.25) is 9.59 Å². The van der Waals surface area contributed by atoms with E-state index in [9.17, 15) is 9.59 Å². The first kappa shape index (κ1) is 17.1. The largest absolute Gasteiger partial charge is 0.497 e. The molecule has 0 aliphatic rings. The van der Waals surface area contributed by atoms with Crippen molar-refractivity contribution in [2.24, 2.45) is 0 Å². The van der Waals surface area contributed by atoms with Crippen LogP contribution < -0.4 is 10.3 Å². The number of ketones is 1. The molecule has 6 heteroatoms. The maximum atomic E-state index is 12.4. The number of methoxy groups -OCH3 is 1. The molecule has 0 atom stereocenters. The summed E-state index contributed by atoms with van der Waals surface area (Å²) in [4.78, 5) is 24.5. The van der Waals surface area contributed by atoms with Gasteiger partial charge in [-0.05, 0) is 42.5 Å². The van der Waals surface area contributed by atoms with Crippen molar-refractivity contribution in [3.63, 3.8) is 0 Å². The van der Waals surface area contributed by atoms with Crippen molar-refractivity contribution in [1.82, 2.24) is 9.78 Å². The van der Waals surface area contributed by atoms with Crippen LogP contribution >= 0.6 is 15.9 Å². The second-order valence-corrected chi connectivity index (χ2v) is 6.29. The van der Waals surface area contributed by atoms with E-state index in [1.54, 1.807) is 37.4 Å². The van der Waals surface area contributed by atoms with Crippen LogP contribution in [-0.4, -0.2) is 22.7 Å². The standard InChI is InChI=1S/C19H15BrN2O3/c1-25-16-7-5-13(6-8-16)18(23)12-22-19(24)10-9-17(21-22)14-3-2-4-15(20)11-14/h2-11H,12H2,1H3. The second-order valence-electron chi connectivity index (χ2n) is 5.38. The molecule has 0 aliphatic heterocycles. The lowest BCUT2D eigenvalue weighted by Crippen LogP contribution is -2.26. The van der Waals surface area contributed by atoms with Gasteiger partial charge in [-0.1, -0.05) is 28.1 Å². The number of aromatic nitrogens is 2. The van der Waals surface area contributed by atoms with Gasteiger partial charge in [0.2, 0.25) is 0 Å². The van der Waals surface area contributed by atoms with Crippen molar-refractivity contribution in [1.29, 1.82) is 0 Å². The van der Waals surface area contributed by atoms with Crippen molar-refractivity contribution in [3.05, 3.63) is 81.1 Å². The van der Waals surface area contributed by atoms with Gasteiger partial charge < -0.3 is 4.74 Å². The molecule has 3 aromatic rings. The number of carbonyl (C=O) groups is 1. The zero-order valence-electron chi connectivity index (χ0n) is 13.5. The van der Waals surface area contributed by atoms with Crippen molar-refractivity contribution in [2.45, 2.75) is 6.54 Å². The minimum absolute atomic E-state index is 0.118. The Morgan fingerprint density at radius 1 is 1.12 bits per heavy atom. The molecule has 2 aromatic carbocycles. The van der Waals surface area contributed by atoms with E-state index in [1.807, 2.05) is 24.3 Å². The first-order valence-electron chi connectivity index (χ1n) is 7.58. The van der Waals surface area contributed by atoms with E-state index in [2.05, 4.69) is 21.0 Å². The minimum Gasteiger partial charge on any atom is -0.497 e. The van der Waals surface area contributed by atoms with E-state index in [1.165, 1.54) is 10.7 Å². The average Bonchev–Trinajstić information content (AvgIpc) is 2.63. The van der Waals surface area contributed by atoms with Gasteiger partial charge in [0.15, 0.2) is 5.78 Å². The summed E-state index contributed by atoms with van der Waals surface area (Å²) in [7, 11) is 1.56. The normalized spacial score (nSPS) is 10.5. The lowest BCUT2D eigenvalue weighted by molar-refractivity contribution is 0.0966. The number of ether oxygens (including phenoxy) is 1. The van der Waals surface area contributed by atoms with E-state index in [0.717, 1.165) is 10.0 Å². The molecule has 0 N–H and O–H groups in total. The Morgan fingerprint density at radius 3 is 2.56 bits per heavy atom. The lowest BCUT2D eigenvalue weighted by atomic mass is 10.1. The third kappa shape index (κ3) is 4.03. The molecular formula is C19H15BrN2O3. The van der Waals surface area contributed by atoms with Crippen LogP contribution in [0, 0.1) is 0 Å². The molecule has 3 rings (SSSR count). The Kier molecular flexibility index (Phi) is 5.09. The van der Waals surface area contributed by atoms with Gasteiger partial charge in [0.1, 0.15) is 12.3 Å². The van der Waals surface area contributed by atoms with E-state index >= 15 is 0 Å². The molecule has 1 aromatic heterocycles. The fraction of sp³-hybridized carbons (Fsp3) is 0.105. The van der Waals surface area contributed by atoms with E-state index in [4.69, 9.17) is 4.74 Å². The maximum absolute atomic E-state index is 12.4. The number of carbonyl (C=O) groups excluding carboxylic acids is 1. The molecule has 25 heavy (non-hydrogen) atoms. The minimum atomic E-state index is -0.319. The summed E-state index contributed by atoms with van der Waals surface area (Å²) < 4.78 is 7.18. The first-order valence-corrected chi connectivity index (χ1v) is 8.37. The summed E-state index contributed by atoms with van der Waals surface area (Å²) >= 11 is 3.41. The fourth-order valence-electron chi connectivity index (χ4n) is 2.37. The van der Waals surface area contributed by atoms with Gasteiger partial charge in [-0.25, -0.2) is 4.68 Å². The topological polar surface area (TPSA) is 61.2 Å². The number of halogens is 1. The summed E-state index contributed by atoms with van der Waals surface area (Å²) in [5.41, 5.74) is 1.67. The molecule has 0 saturated heterocycles. The molecular weight excluding hydrogens is 384 g/mol. The highest BCUT2D eigenvalue weighted by molar-refractivity contribution is 9.10. The molecule has 0 fully saturated rings. The molecule has 0 radical (unpaired) electrons. The molecule has 0 saturated carbocycles. The zero-order chi connectivity index (χ0) is 17.8. The van der Waals surface area contributed by atoms with Crippen molar-refractivity contribution < 1.29 is 9.53 Å². The number of Topliss-reactive ketones (excluding diaryl/α,β-unsaturated/α-hetero) is 1. The number of rotatable bonds is 5. The molecule has 1 heterocycles. The Labute approximate surface area is 153 Å². The summed E-state index contributed by atoms with van der Waals surface area (Å²) in [6.07, 6.45) is 0. The van der Waals surface area contributed by atoms with Crippen molar-refractivity contribution in [2.75, 3.05) is 7.11 Å². The Balaban J connectivity index is 1.87. The van der Waals surface area contributed by atoms with Gasteiger partial charge in [-0.2, -0.15) is 5.10 Å². The predicted molar refractivity (Wildman–Crippen MR) is 99.0 cm³/mol. The summed E-state index contributed by atoms with van der Waals surface area (Å²) in [6, 6.07) is 17.4. The zero-order valence-corrected chi connectivity index (χ0v) is 15.1. The Hall–Kier alpha value is -2.73. The highest BCUT2D eigenvalue weighted by Gasteiger charge is 2.10. The smallest absolute Gasteiger partial charge is 0.267 e. The average molecular weight is 399 g/mol. The van der Waals surface area contributed by atoms with E-state index in [0.29, 0.717) is 17.0 Å². The van der Waals surface area contributed by atoms with Crippen molar-refractivity contribution >= 4 is 21.7 Å². The summed E-state index contributed by atoms with van der Waals surface area (Å²) in [5, 5.41) is 4.32. The quantitative estimate of drug-likeness (QED) is 0.616. The monoisotopic (exact) mass is 398 g/mol. The van der Waals surface area contributed by atoms with Crippen LogP contribution in [0.5, 0.6) is 5.75 Å². The molecule has 0 amide bonds. The molecule has 0 bridgehead atoms. The molecule has 5 nitrogen and oxygen atoms in total.